The quantitative estimate of drug-likeness (QED) is 0.712. The molecule has 0 spiro atoms. The van der Waals surface area contributed by atoms with Gasteiger partial charge in [0.2, 0.25) is 5.91 Å². The lowest BCUT2D eigenvalue weighted by Crippen LogP contribution is -2.43. The largest absolute Gasteiger partial charge is 0.494 e. The smallest absolute Gasteiger partial charge is 0.223 e. The van der Waals surface area contributed by atoms with Crippen LogP contribution < -0.4 is 14.2 Å². The van der Waals surface area contributed by atoms with Gasteiger partial charge in [0, 0.05) is 13.0 Å². The van der Waals surface area contributed by atoms with Crippen LogP contribution in [0.1, 0.15) is 25.8 Å². The number of likely N-dealkylation sites (N-methyl/N-ethyl adjacent to an activating group) is 1. The Morgan fingerprint density at radius 2 is 1.85 bits per heavy atom. The molecule has 27 heavy (non-hydrogen) atoms. The molecular weight excluding hydrogens is 342 g/mol. The summed E-state index contributed by atoms with van der Waals surface area (Å²) in [6, 6.07) is 15.5. The van der Waals surface area contributed by atoms with Gasteiger partial charge in [-0.3, -0.25) is 4.79 Å². The molecule has 0 aromatic heterocycles. The Hall–Kier alpha value is -2.69. The number of amides is 1. The molecule has 1 heterocycles. The fourth-order valence-corrected chi connectivity index (χ4v) is 3.21. The number of para-hydroxylation sites is 3. The lowest BCUT2D eigenvalue weighted by Gasteiger charge is -2.31. The SMILES string of the molecule is CCOc1ccccc1CCC(=O)N(CC)CC1COc2ccccc2O1. The number of hydrogen-bond donors (Lipinski definition) is 0. The van der Waals surface area contributed by atoms with Crippen LogP contribution in [0.4, 0.5) is 0 Å². The summed E-state index contributed by atoms with van der Waals surface area (Å²) in [6.45, 7) is 6.19. The Kier molecular flexibility index (Phi) is 6.58. The van der Waals surface area contributed by atoms with Gasteiger partial charge in [0.25, 0.3) is 0 Å². The summed E-state index contributed by atoms with van der Waals surface area (Å²) in [7, 11) is 0. The molecule has 1 atom stereocenters. The molecule has 1 aliphatic heterocycles. The monoisotopic (exact) mass is 369 g/mol. The van der Waals surface area contributed by atoms with Gasteiger partial charge in [-0.25, -0.2) is 0 Å². The van der Waals surface area contributed by atoms with Crippen molar-refractivity contribution in [3.63, 3.8) is 0 Å². The average Bonchev–Trinajstić information content (AvgIpc) is 2.71. The maximum atomic E-state index is 12.7. The van der Waals surface area contributed by atoms with Gasteiger partial charge in [0.1, 0.15) is 12.4 Å². The maximum Gasteiger partial charge on any atom is 0.223 e. The molecule has 0 aliphatic carbocycles. The van der Waals surface area contributed by atoms with Gasteiger partial charge in [-0.05, 0) is 44.0 Å². The van der Waals surface area contributed by atoms with Crippen molar-refractivity contribution >= 4 is 5.91 Å². The van der Waals surface area contributed by atoms with Gasteiger partial charge < -0.3 is 19.1 Å². The minimum absolute atomic E-state index is 0.117. The Morgan fingerprint density at radius 3 is 2.63 bits per heavy atom. The van der Waals surface area contributed by atoms with E-state index in [4.69, 9.17) is 14.2 Å². The van der Waals surface area contributed by atoms with Crippen LogP contribution in [-0.4, -0.2) is 43.2 Å². The number of rotatable bonds is 8. The maximum absolute atomic E-state index is 12.7. The zero-order valence-electron chi connectivity index (χ0n) is 16.0. The Labute approximate surface area is 160 Å². The van der Waals surface area contributed by atoms with Crippen LogP contribution in [0.3, 0.4) is 0 Å². The van der Waals surface area contributed by atoms with Crippen molar-refractivity contribution in [2.75, 3.05) is 26.3 Å². The van der Waals surface area contributed by atoms with E-state index in [0.29, 0.717) is 39.1 Å². The first-order valence-electron chi connectivity index (χ1n) is 9.58. The third-order valence-electron chi connectivity index (χ3n) is 4.61. The van der Waals surface area contributed by atoms with E-state index in [1.807, 2.05) is 67.3 Å². The fraction of sp³-hybridized carbons (Fsp3) is 0.409. The standard InChI is InChI=1S/C22H27NO4/c1-3-23(15-18-16-26-20-11-7-8-12-21(20)27-18)22(24)14-13-17-9-5-6-10-19(17)25-4-2/h5-12,18H,3-4,13-16H2,1-2H3. The third-order valence-corrected chi connectivity index (χ3v) is 4.61. The molecule has 1 unspecified atom stereocenters. The van der Waals surface area contributed by atoms with E-state index in [1.165, 1.54) is 0 Å². The molecule has 0 N–H and O–H groups in total. The van der Waals surface area contributed by atoms with Crippen molar-refractivity contribution < 1.29 is 19.0 Å². The summed E-state index contributed by atoms with van der Waals surface area (Å²) >= 11 is 0. The first kappa shape index (κ1) is 19.1. The number of aryl methyl sites for hydroxylation is 1. The van der Waals surface area contributed by atoms with E-state index in [2.05, 4.69) is 0 Å². The summed E-state index contributed by atoms with van der Waals surface area (Å²) in [4.78, 5) is 14.6. The Balaban J connectivity index is 1.56. The van der Waals surface area contributed by atoms with Crippen LogP contribution in [0.25, 0.3) is 0 Å². The summed E-state index contributed by atoms with van der Waals surface area (Å²) in [5, 5.41) is 0. The molecule has 0 saturated heterocycles. The van der Waals surface area contributed by atoms with Crippen molar-refractivity contribution in [2.45, 2.75) is 32.8 Å². The zero-order valence-corrected chi connectivity index (χ0v) is 16.0. The number of benzene rings is 2. The average molecular weight is 369 g/mol. The van der Waals surface area contributed by atoms with Gasteiger partial charge in [0.05, 0.1) is 13.2 Å². The predicted molar refractivity (Wildman–Crippen MR) is 105 cm³/mol. The second kappa shape index (κ2) is 9.31. The molecule has 0 fully saturated rings. The number of nitrogens with zero attached hydrogens (tertiary/aromatic N) is 1. The van der Waals surface area contributed by atoms with Crippen LogP contribution in [-0.2, 0) is 11.2 Å². The van der Waals surface area contributed by atoms with Crippen molar-refractivity contribution in [3.05, 3.63) is 54.1 Å². The van der Waals surface area contributed by atoms with Crippen molar-refractivity contribution in [2.24, 2.45) is 0 Å². The molecule has 0 bridgehead atoms. The number of carbonyl (C=O) groups is 1. The Bertz CT molecular complexity index is 761. The highest BCUT2D eigenvalue weighted by atomic mass is 16.6. The second-order valence-corrected chi connectivity index (χ2v) is 6.47. The van der Waals surface area contributed by atoms with Gasteiger partial charge in [-0.15, -0.1) is 0 Å². The number of ether oxygens (including phenoxy) is 3. The van der Waals surface area contributed by atoms with Crippen LogP contribution in [0, 0.1) is 0 Å². The Morgan fingerprint density at radius 1 is 1.11 bits per heavy atom. The van der Waals surface area contributed by atoms with E-state index >= 15 is 0 Å². The number of carbonyl (C=O) groups excluding carboxylic acids is 1. The van der Waals surface area contributed by atoms with Crippen LogP contribution in [0.5, 0.6) is 17.2 Å². The molecule has 3 rings (SSSR count). The first-order valence-corrected chi connectivity index (χ1v) is 9.58. The van der Waals surface area contributed by atoms with E-state index < -0.39 is 0 Å². The summed E-state index contributed by atoms with van der Waals surface area (Å²) < 4.78 is 17.4. The zero-order chi connectivity index (χ0) is 19.1. The van der Waals surface area contributed by atoms with Crippen LogP contribution in [0.15, 0.2) is 48.5 Å². The van der Waals surface area contributed by atoms with E-state index in [9.17, 15) is 4.79 Å². The van der Waals surface area contributed by atoms with Crippen molar-refractivity contribution in [1.82, 2.24) is 4.90 Å². The number of fused-ring (bicyclic) bond motifs is 1. The lowest BCUT2D eigenvalue weighted by molar-refractivity contribution is -0.132. The minimum Gasteiger partial charge on any atom is -0.494 e. The summed E-state index contributed by atoms with van der Waals surface area (Å²) in [5.74, 6) is 2.47. The van der Waals surface area contributed by atoms with Gasteiger partial charge in [-0.1, -0.05) is 30.3 Å². The van der Waals surface area contributed by atoms with Crippen molar-refractivity contribution in [3.8, 4) is 17.2 Å². The molecule has 2 aromatic carbocycles. The normalized spacial score (nSPS) is 15.3. The van der Waals surface area contributed by atoms with E-state index in [0.717, 1.165) is 22.8 Å². The molecule has 1 aliphatic rings. The molecule has 144 valence electrons. The van der Waals surface area contributed by atoms with E-state index in [1.54, 1.807) is 0 Å². The fourth-order valence-electron chi connectivity index (χ4n) is 3.21. The van der Waals surface area contributed by atoms with E-state index in [-0.39, 0.29) is 12.0 Å². The second-order valence-electron chi connectivity index (χ2n) is 6.47. The van der Waals surface area contributed by atoms with Gasteiger partial charge in [-0.2, -0.15) is 0 Å². The minimum atomic E-state index is -0.153. The molecule has 1 amide bonds. The highest BCUT2D eigenvalue weighted by Crippen LogP contribution is 2.31. The highest BCUT2D eigenvalue weighted by molar-refractivity contribution is 5.76. The molecule has 0 radical (unpaired) electrons. The van der Waals surface area contributed by atoms with Crippen LogP contribution in [0.2, 0.25) is 0 Å². The molecule has 5 nitrogen and oxygen atoms in total. The highest BCUT2D eigenvalue weighted by Gasteiger charge is 2.24. The van der Waals surface area contributed by atoms with Gasteiger partial charge in [0.15, 0.2) is 17.6 Å². The topological polar surface area (TPSA) is 48.0 Å². The van der Waals surface area contributed by atoms with Crippen molar-refractivity contribution in [1.29, 1.82) is 0 Å². The van der Waals surface area contributed by atoms with Crippen LogP contribution >= 0.6 is 0 Å². The van der Waals surface area contributed by atoms with Gasteiger partial charge >= 0.3 is 0 Å². The molecule has 0 saturated carbocycles. The summed E-state index contributed by atoms with van der Waals surface area (Å²) in [5.41, 5.74) is 1.06. The predicted octanol–water partition coefficient (Wildman–Crippen LogP) is 3.71. The summed E-state index contributed by atoms with van der Waals surface area (Å²) in [6.07, 6.45) is 0.956. The first-order chi connectivity index (χ1) is 13.2. The third kappa shape index (κ3) is 4.94. The number of hydrogen-bond acceptors (Lipinski definition) is 4. The lowest BCUT2D eigenvalue weighted by atomic mass is 10.1. The molecular formula is C22H27NO4. The molecule has 2 aromatic rings. The molecule has 5 heteroatoms.